The van der Waals surface area contributed by atoms with E-state index in [1.165, 1.54) is 18.2 Å². The van der Waals surface area contributed by atoms with Crippen molar-refractivity contribution in [3.05, 3.63) is 63.2 Å². The number of ether oxygens (including phenoxy) is 1. The lowest BCUT2D eigenvalue weighted by Gasteiger charge is -2.24. The van der Waals surface area contributed by atoms with Crippen molar-refractivity contribution in [1.82, 2.24) is 5.32 Å². The maximum Gasteiger partial charge on any atom is 0.271 e. The standard InChI is InChI=1S/C22H29N3O6S/c1-16-7-10-21(18(3)14-16)31-13-11-23-22(26)6-5-12-24(32(4,29)30)20-15-19(25(27)28)9-8-17(20)2/h7-10,14-15H,5-6,11-13H2,1-4H3,(H,23,26). The number of aryl methyl sites for hydroxylation is 3. The van der Waals surface area contributed by atoms with Gasteiger partial charge in [0.15, 0.2) is 0 Å². The predicted molar refractivity (Wildman–Crippen MR) is 124 cm³/mol. The first kappa shape index (κ1) is 25.1. The van der Waals surface area contributed by atoms with Crippen molar-refractivity contribution in [2.24, 2.45) is 0 Å². The number of nitrogens with zero attached hydrogens (tertiary/aromatic N) is 2. The average molecular weight is 464 g/mol. The normalized spacial score (nSPS) is 11.1. The fourth-order valence-corrected chi connectivity index (χ4v) is 4.24. The van der Waals surface area contributed by atoms with Crippen LogP contribution >= 0.6 is 0 Å². The van der Waals surface area contributed by atoms with Crippen molar-refractivity contribution < 1.29 is 22.9 Å². The summed E-state index contributed by atoms with van der Waals surface area (Å²) < 4.78 is 31.3. The third-order valence-electron chi connectivity index (χ3n) is 4.85. The number of non-ortho nitro benzene ring substituents is 1. The second-order valence-electron chi connectivity index (χ2n) is 7.63. The smallest absolute Gasteiger partial charge is 0.271 e. The van der Waals surface area contributed by atoms with Crippen molar-refractivity contribution in [2.45, 2.75) is 33.6 Å². The van der Waals surface area contributed by atoms with Gasteiger partial charge >= 0.3 is 0 Å². The van der Waals surface area contributed by atoms with Gasteiger partial charge in [0.05, 0.1) is 23.4 Å². The van der Waals surface area contributed by atoms with Gasteiger partial charge in [0.25, 0.3) is 5.69 Å². The molecule has 9 nitrogen and oxygen atoms in total. The highest BCUT2D eigenvalue weighted by Crippen LogP contribution is 2.27. The Morgan fingerprint density at radius 3 is 2.47 bits per heavy atom. The number of anilines is 1. The van der Waals surface area contributed by atoms with Crippen molar-refractivity contribution >= 4 is 27.3 Å². The number of hydrogen-bond donors (Lipinski definition) is 1. The average Bonchev–Trinajstić information content (AvgIpc) is 2.69. The first-order valence-electron chi connectivity index (χ1n) is 10.2. The van der Waals surface area contributed by atoms with Gasteiger partial charge in [0, 0.05) is 25.1 Å². The Balaban J connectivity index is 1.87. The predicted octanol–water partition coefficient (Wildman–Crippen LogP) is 3.26. The summed E-state index contributed by atoms with van der Waals surface area (Å²) in [6, 6.07) is 9.94. The van der Waals surface area contributed by atoms with Gasteiger partial charge < -0.3 is 10.1 Å². The number of benzene rings is 2. The topological polar surface area (TPSA) is 119 Å². The molecule has 1 N–H and O–H groups in total. The van der Waals surface area contributed by atoms with Gasteiger partial charge in [0.1, 0.15) is 12.4 Å². The van der Waals surface area contributed by atoms with Crippen LogP contribution in [0.4, 0.5) is 11.4 Å². The van der Waals surface area contributed by atoms with Gasteiger partial charge in [-0.05, 0) is 44.4 Å². The molecule has 10 heteroatoms. The van der Waals surface area contributed by atoms with E-state index in [4.69, 9.17) is 4.74 Å². The van der Waals surface area contributed by atoms with E-state index >= 15 is 0 Å². The largest absolute Gasteiger partial charge is 0.491 e. The number of carbonyl (C=O) groups excluding carboxylic acids is 1. The molecule has 0 atom stereocenters. The third-order valence-corrected chi connectivity index (χ3v) is 6.03. The quantitative estimate of drug-likeness (QED) is 0.310. The fraction of sp³-hybridized carbons (Fsp3) is 0.409. The zero-order valence-corrected chi connectivity index (χ0v) is 19.6. The molecule has 0 radical (unpaired) electrons. The summed E-state index contributed by atoms with van der Waals surface area (Å²) in [6.45, 7) is 6.32. The first-order valence-corrected chi connectivity index (χ1v) is 12.0. The summed E-state index contributed by atoms with van der Waals surface area (Å²) >= 11 is 0. The number of hydrogen-bond acceptors (Lipinski definition) is 6. The Labute approximate surface area is 188 Å². The van der Waals surface area contributed by atoms with Crippen molar-refractivity contribution in [2.75, 3.05) is 30.3 Å². The molecule has 2 rings (SSSR count). The van der Waals surface area contributed by atoms with Gasteiger partial charge in [0.2, 0.25) is 15.9 Å². The molecule has 32 heavy (non-hydrogen) atoms. The van der Waals surface area contributed by atoms with Crippen molar-refractivity contribution in [3.8, 4) is 5.75 Å². The molecule has 0 fully saturated rings. The molecular weight excluding hydrogens is 434 g/mol. The molecule has 1 amide bonds. The minimum Gasteiger partial charge on any atom is -0.491 e. The van der Waals surface area contributed by atoms with Gasteiger partial charge in [-0.1, -0.05) is 23.8 Å². The van der Waals surface area contributed by atoms with Crippen LogP contribution in [0.2, 0.25) is 0 Å². The molecule has 0 saturated heterocycles. The second kappa shape index (κ2) is 10.9. The molecule has 0 saturated carbocycles. The maximum atomic E-state index is 12.3. The zero-order chi connectivity index (χ0) is 23.9. The van der Waals surface area contributed by atoms with Crippen molar-refractivity contribution in [1.29, 1.82) is 0 Å². The lowest BCUT2D eigenvalue weighted by atomic mass is 10.1. The highest BCUT2D eigenvalue weighted by atomic mass is 32.2. The van der Waals surface area contributed by atoms with E-state index in [1.807, 2.05) is 32.0 Å². The highest BCUT2D eigenvalue weighted by molar-refractivity contribution is 7.92. The van der Waals surface area contributed by atoms with Crippen LogP contribution < -0.4 is 14.4 Å². The van der Waals surface area contributed by atoms with Crippen molar-refractivity contribution in [3.63, 3.8) is 0 Å². The number of nitro benzene ring substituents is 1. The van der Waals surface area contributed by atoms with Gasteiger partial charge in [-0.3, -0.25) is 19.2 Å². The molecular formula is C22H29N3O6S. The summed E-state index contributed by atoms with van der Waals surface area (Å²) in [6.07, 6.45) is 1.41. The highest BCUT2D eigenvalue weighted by Gasteiger charge is 2.22. The van der Waals surface area contributed by atoms with Crippen LogP contribution in [0.5, 0.6) is 5.75 Å². The molecule has 2 aromatic rings. The lowest BCUT2D eigenvalue weighted by Crippen LogP contribution is -2.33. The van der Waals surface area contributed by atoms with Crippen LogP contribution in [0.25, 0.3) is 0 Å². The Hall–Kier alpha value is -3.14. The van der Waals surface area contributed by atoms with Crippen LogP contribution in [0.15, 0.2) is 36.4 Å². The number of sulfonamides is 1. The van der Waals surface area contributed by atoms with E-state index < -0.39 is 14.9 Å². The molecule has 0 aromatic heterocycles. The number of nitrogens with one attached hydrogen (secondary N) is 1. The Kier molecular flexibility index (Phi) is 8.59. The Morgan fingerprint density at radius 2 is 1.84 bits per heavy atom. The van der Waals surface area contributed by atoms with E-state index in [1.54, 1.807) is 6.92 Å². The van der Waals surface area contributed by atoms with E-state index in [-0.39, 0.29) is 36.7 Å². The number of amides is 1. The minimum absolute atomic E-state index is 0.0350. The number of nitro groups is 1. The molecule has 2 aromatic carbocycles. The second-order valence-corrected chi connectivity index (χ2v) is 9.54. The van der Waals surface area contributed by atoms with E-state index in [9.17, 15) is 23.3 Å². The number of rotatable bonds is 11. The summed E-state index contributed by atoms with van der Waals surface area (Å²) in [7, 11) is -3.68. The molecule has 0 aliphatic heterocycles. The van der Waals surface area contributed by atoms with Crippen LogP contribution in [0, 0.1) is 30.9 Å². The maximum absolute atomic E-state index is 12.3. The fourth-order valence-electron chi connectivity index (χ4n) is 3.23. The molecule has 0 aliphatic rings. The van der Waals surface area contributed by atoms with E-state index in [2.05, 4.69) is 5.32 Å². The van der Waals surface area contributed by atoms with Crippen LogP contribution in [0.1, 0.15) is 29.5 Å². The zero-order valence-electron chi connectivity index (χ0n) is 18.8. The molecule has 0 bridgehead atoms. The molecule has 0 heterocycles. The van der Waals surface area contributed by atoms with E-state index in [0.717, 1.165) is 27.4 Å². The molecule has 174 valence electrons. The SMILES string of the molecule is Cc1ccc(OCCNC(=O)CCCN(c2cc([N+](=O)[O-])ccc2C)S(C)(=O)=O)c(C)c1. The third kappa shape index (κ3) is 7.23. The van der Waals surface area contributed by atoms with Gasteiger partial charge in [-0.15, -0.1) is 0 Å². The monoisotopic (exact) mass is 463 g/mol. The first-order chi connectivity index (χ1) is 15.0. The van der Waals surface area contributed by atoms with E-state index in [0.29, 0.717) is 18.7 Å². The Morgan fingerprint density at radius 1 is 1.12 bits per heavy atom. The van der Waals surface area contributed by atoms with Crippen LogP contribution in [-0.2, 0) is 14.8 Å². The summed E-state index contributed by atoms with van der Waals surface area (Å²) in [5, 5.41) is 13.8. The summed E-state index contributed by atoms with van der Waals surface area (Å²) in [5.41, 5.74) is 2.80. The molecule has 0 aliphatic carbocycles. The lowest BCUT2D eigenvalue weighted by molar-refractivity contribution is -0.384. The summed E-state index contributed by atoms with van der Waals surface area (Å²) in [5.74, 6) is 0.541. The Bertz CT molecular complexity index is 1090. The minimum atomic E-state index is -3.68. The van der Waals surface area contributed by atoms with Crippen LogP contribution in [0.3, 0.4) is 0 Å². The molecule has 0 spiro atoms. The van der Waals surface area contributed by atoms with Gasteiger partial charge in [-0.25, -0.2) is 8.42 Å². The molecule has 0 unspecified atom stereocenters. The van der Waals surface area contributed by atoms with Crippen LogP contribution in [-0.4, -0.2) is 45.2 Å². The van der Waals surface area contributed by atoms with Gasteiger partial charge in [-0.2, -0.15) is 0 Å². The number of carbonyl (C=O) groups is 1. The summed E-state index contributed by atoms with van der Waals surface area (Å²) in [4.78, 5) is 22.6.